The Labute approximate surface area is 121 Å². The zero-order valence-corrected chi connectivity index (χ0v) is 11.8. The highest BCUT2D eigenvalue weighted by atomic mass is 35.5. The summed E-state index contributed by atoms with van der Waals surface area (Å²) < 4.78 is 0. The summed E-state index contributed by atoms with van der Waals surface area (Å²) in [6, 6.07) is 9.53. The van der Waals surface area contributed by atoms with Crippen molar-refractivity contribution in [3.63, 3.8) is 0 Å². The Bertz CT molecular complexity index is 657. The fraction of sp³-hybridized carbons (Fsp3) is 0.143. The molecule has 0 unspecified atom stereocenters. The van der Waals surface area contributed by atoms with E-state index in [1.807, 2.05) is 25.1 Å². The molecule has 0 aliphatic rings. The van der Waals surface area contributed by atoms with E-state index in [0.717, 1.165) is 5.69 Å². The van der Waals surface area contributed by atoms with Crippen molar-refractivity contribution in [2.24, 2.45) is 10.2 Å². The van der Waals surface area contributed by atoms with Crippen molar-refractivity contribution in [1.29, 1.82) is 0 Å². The third-order valence-electron chi connectivity index (χ3n) is 2.68. The lowest BCUT2D eigenvalue weighted by atomic mass is 10.2. The number of rotatable bonds is 3. The molecule has 0 radical (unpaired) electrons. The highest BCUT2D eigenvalue weighted by molar-refractivity contribution is 6.30. The zero-order valence-electron chi connectivity index (χ0n) is 11.1. The number of benzene rings is 2. The van der Waals surface area contributed by atoms with E-state index in [9.17, 15) is 10.2 Å². The largest absolute Gasteiger partial charge is 0.506 e. The third kappa shape index (κ3) is 3.19. The minimum Gasteiger partial charge on any atom is -0.506 e. The van der Waals surface area contributed by atoms with Crippen LogP contribution in [-0.4, -0.2) is 24.3 Å². The van der Waals surface area contributed by atoms with Gasteiger partial charge in [-0.15, -0.1) is 10.2 Å². The van der Waals surface area contributed by atoms with E-state index >= 15 is 0 Å². The topological polar surface area (TPSA) is 68.4 Å². The van der Waals surface area contributed by atoms with Crippen LogP contribution in [0.3, 0.4) is 0 Å². The van der Waals surface area contributed by atoms with Gasteiger partial charge in [-0.3, -0.25) is 0 Å². The molecule has 0 saturated heterocycles. The molecule has 2 rings (SSSR count). The summed E-state index contributed by atoms with van der Waals surface area (Å²) in [5.41, 5.74) is 1.41. The zero-order chi connectivity index (χ0) is 14.7. The first-order chi connectivity index (χ1) is 9.47. The number of aromatic hydroxyl groups is 2. The number of hydrogen-bond donors (Lipinski definition) is 2. The molecule has 0 spiro atoms. The molecular formula is C14H14ClN3O2. The van der Waals surface area contributed by atoms with Crippen molar-refractivity contribution >= 4 is 28.7 Å². The van der Waals surface area contributed by atoms with Crippen LogP contribution >= 0.6 is 11.6 Å². The monoisotopic (exact) mass is 291 g/mol. The third-order valence-corrected chi connectivity index (χ3v) is 2.91. The van der Waals surface area contributed by atoms with E-state index in [4.69, 9.17) is 11.6 Å². The average molecular weight is 292 g/mol. The van der Waals surface area contributed by atoms with Crippen molar-refractivity contribution in [3.8, 4) is 11.5 Å². The lowest BCUT2D eigenvalue weighted by molar-refractivity contribution is 0.474. The first kappa shape index (κ1) is 14.1. The van der Waals surface area contributed by atoms with Crippen LogP contribution in [-0.2, 0) is 0 Å². The maximum Gasteiger partial charge on any atom is 0.145 e. The van der Waals surface area contributed by atoms with Crippen molar-refractivity contribution in [1.82, 2.24) is 0 Å². The normalized spacial score (nSPS) is 10.9. The van der Waals surface area contributed by atoms with Gasteiger partial charge in [-0.2, -0.15) is 0 Å². The van der Waals surface area contributed by atoms with Gasteiger partial charge in [0.15, 0.2) is 0 Å². The molecule has 0 atom stereocenters. The van der Waals surface area contributed by atoms with Crippen molar-refractivity contribution in [2.45, 2.75) is 0 Å². The van der Waals surface area contributed by atoms with E-state index < -0.39 is 0 Å². The van der Waals surface area contributed by atoms with Crippen LogP contribution < -0.4 is 4.90 Å². The summed E-state index contributed by atoms with van der Waals surface area (Å²) in [7, 11) is 3.75. The Morgan fingerprint density at radius 1 is 0.900 bits per heavy atom. The molecule has 0 saturated carbocycles. The molecule has 6 heteroatoms. The maximum absolute atomic E-state index is 9.87. The lowest BCUT2D eigenvalue weighted by Crippen LogP contribution is -2.07. The van der Waals surface area contributed by atoms with Crippen LogP contribution in [0.4, 0.5) is 17.1 Å². The summed E-state index contributed by atoms with van der Waals surface area (Å²) in [5.74, 6) is -0.0102. The van der Waals surface area contributed by atoms with Gasteiger partial charge in [-0.05, 0) is 30.3 Å². The van der Waals surface area contributed by atoms with Crippen LogP contribution in [0.1, 0.15) is 0 Å². The van der Waals surface area contributed by atoms with Crippen molar-refractivity contribution in [3.05, 3.63) is 41.4 Å². The van der Waals surface area contributed by atoms with Crippen LogP contribution in [0.25, 0.3) is 0 Å². The Morgan fingerprint density at radius 3 is 2.25 bits per heavy atom. The van der Waals surface area contributed by atoms with E-state index in [1.165, 1.54) is 12.1 Å². The average Bonchev–Trinajstić information content (AvgIpc) is 2.40. The Balaban J connectivity index is 2.30. The quantitative estimate of drug-likeness (QED) is 0.831. The molecule has 0 aliphatic carbocycles. The van der Waals surface area contributed by atoms with E-state index in [2.05, 4.69) is 10.2 Å². The molecule has 2 N–H and O–H groups in total. The standard InChI is InChI=1S/C14H14ClN3O2/c1-18(2)10-4-5-11(14(20)8-10)16-17-12-7-9(15)3-6-13(12)19/h3-8,19-20H,1-2H3. The highest BCUT2D eigenvalue weighted by Crippen LogP contribution is 2.34. The number of halogens is 1. The van der Waals surface area contributed by atoms with Crippen LogP contribution in [0.5, 0.6) is 11.5 Å². The van der Waals surface area contributed by atoms with Gasteiger partial charge in [0, 0.05) is 30.9 Å². The number of phenolic OH excluding ortho intramolecular Hbond substituents is 2. The fourth-order valence-electron chi connectivity index (χ4n) is 1.56. The molecule has 0 fully saturated rings. The first-order valence-electron chi connectivity index (χ1n) is 5.88. The van der Waals surface area contributed by atoms with Gasteiger partial charge in [0.05, 0.1) is 0 Å². The highest BCUT2D eigenvalue weighted by Gasteiger charge is 2.04. The lowest BCUT2D eigenvalue weighted by Gasteiger charge is -2.12. The number of anilines is 1. The van der Waals surface area contributed by atoms with Gasteiger partial charge in [0.2, 0.25) is 0 Å². The summed E-state index contributed by atoms with van der Waals surface area (Å²) >= 11 is 5.82. The molecule has 0 amide bonds. The molecule has 2 aromatic rings. The summed E-state index contributed by atoms with van der Waals surface area (Å²) in [4.78, 5) is 1.86. The molecule has 0 heterocycles. The second-order valence-corrected chi connectivity index (χ2v) is 4.84. The second-order valence-electron chi connectivity index (χ2n) is 4.40. The number of azo groups is 1. The van der Waals surface area contributed by atoms with Gasteiger partial charge in [-0.1, -0.05) is 11.6 Å². The van der Waals surface area contributed by atoms with Crippen molar-refractivity contribution in [2.75, 3.05) is 19.0 Å². The van der Waals surface area contributed by atoms with Crippen molar-refractivity contribution < 1.29 is 10.2 Å². The predicted octanol–water partition coefficient (Wildman–Crippen LogP) is 4.23. The molecule has 20 heavy (non-hydrogen) atoms. The minimum absolute atomic E-state index is 0.0152. The molecule has 5 nitrogen and oxygen atoms in total. The van der Waals surface area contributed by atoms with E-state index in [1.54, 1.807) is 18.2 Å². The molecule has 0 aromatic heterocycles. The number of phenols is 2. The molecule has 0 bridgehead atoms. The Kier molecular flexibility index (Phi) is 4.10. The SMILES string of the molecule is CN(C)c1ccc(N=Nc2cc(Cl)ccc2O)c(O)c1. The smallest absolute Gasteiger partial charge is 0.145 e. The summed E-state index contributed by atoms with van der Waals surface area (Å²) in [6.45, 7) is 0. The van der Waals surface area contributed by atoms with Gasteiger partial charge < -0.3 is 15.1 Å². The van der Waals surface area contributed by atoms with Crippen LogP contribution in [0, 0.1) is 0 Å². The fourth-order valence-corrected chi connectivity index (χ4v) is 1.73. The Morgan fingerprint density at radius 2 is 1.60 bits per heavy atom. The number of hydrogen-bond acceptors (Lipinski definition) is 5. The molecular weight excluding hydrogens is 278 g/mol. The summed E-state index contributed by atoms with van der Waals surface area (Å²) in [5, 5.41) is 27.7. The van der Waals surface area contributed by atoms with Gasteiger partial charge >= 0.3 is 0 Å². The van der Waals surface area contributed by atoms with Crippen LogP contribution in [0.2, 0.25) is 5.02 Å². The van der Waals surface area contributed by atoms with Gasteiger partial charge in [0.25, 0.3) is 0 Å². The van der Waals surface area contributed by atoms with Crippen LogP contribution in [0.15, 0.2) is 46.6 Å². The molecule has 2 aromatic carbocycles. The minimum atomic E-state index is -0.0254. The predicted molar refractivity (Wildman–Crippen MR) is 79.7 cm³/mol. The molecule has 0 aliphatic heterocycles. The maximum atomic E-state index is 9.87. The summed E-state index contributed by atoms with van der Waals surface area (Å²) in [6.07, 6.45) is 0. The van der Waals surface area contributed by atoms with Gasteiger partial charge in [0.1, 0.15) is 22.9 Å². The first-order valence-corrected chi connectivity index (χ1v) is 6.26. The van der Waals surface area contributed by atoms with Gasteiger partial charge in [-0.25, -0.2) is 0 Å². The Hall–Kier alpha value is -2.27. The van der Waals surface area contributed by atoms with E-state index in [-0.39, 0.29) is 17.2 Å². The number of nitrogens with zero attached hydrogens (tertiary/aromatic N) is 3. The van der Waals surface area contributed by atoms with E-state index in [0.29, 0.717) is 10.7 Å². The molecule has 104 valence electrons. The second kappa shape index (κ2) is 5.79.